The summed E-state index contributed by atoms with van der Waals surface area (Å²) in [6.45, 7) is 0.974. The number of nitrogens with zero attached hydrogens (tertiary/aromatic N) is 1. The van der Waals surface area contributed by atoms with E-state index in [1.807, 2.05) is 12.1 Å². The molecule has 6 rings (SSSR count). The van der Waals surface area contributed by atoms with E-state index in [4.69, 9.17) is 39.4 Å². The van der Waals surface area contributed by atoms with Crippen LogP contribution in [0.2, 0.25) is 0 Å². The number of thioether (sulfide) groups is 1. The molecule has 6 atom stereocenters. The van der Waals surface area contributed by atoms with E-state index in [0.717, 1.165) is 36.4 Å². The van der Waals surface area contributed by atoms with Crippen LogP contribution in [-0.4, -0.2) is 171 Å². The number of anilines is 1. The molecular weight excluding hydrogens is 1020 g/mol. The molecule has 3 unspecified atom stereocenters. The lowest BCUT2D eigenvalue weighted by Gasteiger charge is -2.40. The highest BCUT2D eigenvalue weighted by Crippen LogP contribution is 2.25. The molecule has 0 aliphatic carbocycles. The zero-order valence-corrected chi connectivity index (χ0v) is 43.4. The molecule has 2 aliphatic heterocycles. The van der Waals surface area contributed by atoms with E-state index in [1.54, 1.807) is 47.4 Å². The van der Waals surface area contributed by atoms with Crippen LogP contribution in [0.4, 0.5) is 5.69 Å². The van der Waals surface area contributed by atoms with Crippen molar-refractivity contribution in [3.63, 3.8) is 0 Å². The number of carbonyl (C=O) groups excluding carboxylic acids is 4. The summed E-state index contributed by atoms with van der Waals surface area (Å²) >= 11 is 1.00. The smallest absolute Gasteiger partial charge is 0.384 e. The summed E-state index contributed by atoms with van der Waals surface area (Å²) in [6, 6.07) is 22.2. The van der Waals surface area contributed by atoms with Gasteiger partial charge in [0.2, 0.25) is 27.7 Å². The van der Waals surface area contributed by atoms with E-state index in [-0.39, 0.29) is 67.5 Å². The second kappa shape index (κ2) is 27.8. The lowest BCUT2D eigenvalue weighted by atomic mass is 10.00. The van der Waals surface area contributed by atoms with E-state index < -0.39 is 81.3 Å². The van der Waals surface area contributed by atoms with Gasteiger partial charge in [0.15, 0.2) is 0 Å². The second-order valence-electron chi connectivity index (χ2n) is 17.3. The number of hydrogen-bond donors (Lipinski definition) is 7. The minimum absolute atomic E-state index is 0.0375. The van der Waals surface area contributed by atoms with Crippen LogP contribution in [0, 0.1) is 5.41 Å². The van der Waals surface area contributed by atoms with E-state index in [2.05, 4.69) is 24.9 Å². The summed E-state index contributed by atoms with van der Waals surface area (Å²) in [7, 11) is -6.13. The van der Waals surface area contributed by atoms with Gasteiger partial charge in [-0.3, -0.25) is 29.1 Å². The molecule has 8 N–H and O–H groups in total. The Balaban J connectivity index is 1.01. The van der Waals surface area contributed by atoms with Gasteiger partial charge in [-0.2, -0.15) is 13.1 Å². The number of hydrogen-bond acceptors (Lipinski definition) is 16. The normalized spacial score (nSPS) is 19.0. The van der Waals surface area contributed by atoms with E-state index in [1.165, 1.54) is 50.6 Å². The molecule has 2 fully saturated rings. The molecule has 74 heavy (non-hydrogen) atoms. The number of methoxy groups -OCH3 is 2. The van der Waals surface area contributed by atoms with Gasteiger partial charge in [0.05, 0.1) is 43.7 Å². The van der Waals surface area contributed by atoms with Crippen LogP contribution in [-0.2, 0) is 69.1 Å². The predicted molar refractivity (Wildman–Crippen MR) is 276 cm³/mol. The molecule has 4 amide bonds. The fourth-order valence-electron chi connectivity index (χ4n) is 8.29. The van der Waals surface area contributed by atoms with Gasteiger partial charge in [0.1, 0.15) is 42.3 Å². The van der Waals surface area contributed by atoms with Gasteiger partial charge in [-0.25, -0.2) is 12.6 Å². The van der Waals surface area contributed by atoms with Gasteiger partial charge < -0.3 is 50.3 Å². The van der Waals surface area contributed by atoms with Crippen molar-refractivity contribution in [2.45, 2.75) is 67.1 Å². The zero-order chi connectivity index (χ0) is 53.3. The van der Waals surface area contributed by atoms with Crippen molar-refractivity contribution in [1.29, 1.82) is 5.41 Å². The summed E-state index contributed by atoms with van der Waals surface area (Å²) in [4.78, 5) is 56.0. The summed E-state index contributed by atoms with van der Waals surface area (Å²) in [5, 5.41) is 17.6. The molecule has 2 heterocycles. The van der Waals surface area contributed by atoms with E-state index in [0.29, 0.717) is 40.9 Å². The summed E-state index contributed by atoms with van der Waals surface area (Å²) in [5.41, 5.74) is 7.50. The number of nitrogens with two attached hydrogens (primary N) is 1. The van der Waals surface area contributed by atoms with Crippen molar-refractivity contribution in [1.82, 2.24) is 20.3 Å². The maximum atomic E-state index is 14.3. The number of benzene rings is 4. The standard InChI is InChI=1S/C49H63N7O15S3/c1-66-41-28-70-42(29-71-74(63,64)65)45(44(41)67-2)69-25-24-68-23-20-52-47(58)35-14-17-37(18-15-35)53-43(57)31-72-30-40(55-73(61,62)38-19-16-33-8-4-5-9-36(33)27-38)48(59)54-39(49(60)56-21-6-3-7-22-56)26-32-10-12-34(13-11-32)46(50)51/h4-5,8-19,27,39-42,44-45,55H,3,6-7,20-26,28-31H2,1-2H3,(H3,50,51)(H,52,58)(H,53,57)(H,54,59)(H,63,64,65)/t39?,40-,41?,42?,44-,45+/m0/s1. The number of fused-ring (bicyclic) bond motifs is 1. The molecule has 25 heteroatoms. The number of nitrogen functional groups attached to an aromatic ring is 1. The number of carbonyl (C=O) groups is 4. The van der Waals surface area contributed by atoms with Crippen LogP contribution >= 0.6 is 11.8 Å². The van der Waals surface area contributed by atoms with E-state index in [9.17, 15) is 36.0 Å². The predicted octanol–water partition coefficient (Wildman–Crippen LogP) is 2.26. The van der Waals surface area contributed by atoms with Crippen LogP contribution < -0.4 is 26.4 Å². The highest BCUT2D eigenvalue weighted by molar-refractivity contribution is 8.00. The maximum absolute atomic E-state index is 14.3. The number of sulfonamides is 1. The average Bonchev–Trinajstić information content (AvgIpc) is 3.39. The Morgan fingerprint density at radius 3 is 2.23 bits per heavy atom. The van der Waals surface area contributed by atoms with Crippen LogP contribution in [0.1, 0.15) is 40.7 Å². The van der Waals surface area contributed by atoms with Crippen molar-refractivity contribution in [2.75, 3.05) is 83.7 Å². The number of likely N-dealkylation sites (tertiary alicyclic amines) is 1. The number of nitrogens with one attached hydrogen (secondary N) is 5. The van der Waals surface area contributed by atoms with Crippen molar-refractivity contribution < 1.29 is 68.4 Å². The Kier molecular flexibility index (Phi) is 21.7. The average molecular weight is 1090 g/mol. The Morgan fingerprint density at radius 1 is 0.851 bits per heavy atom. The number of rotatable bonds is 27. The first-order valence-electron chi connectivity index (χ1n) is 23.7. The highest BCUT2D eigenvalue weighted by Gasteiger charge is 2.43. The van der Waals surface area contributed by atoms with Gasteiger partial charge >= 0.3 is 10.4 Å². The number of piperidine rings is 1. The maximum Gasteiger partial charge on any atom is 0.397 e. The number of amidine groups is 1. The Labute approximate surface area is 434 Å². The Bertz CT molecular complexity index is 2770. The van der Waals surface area contributed by atoms with Gasteiger partial charge in [-0.15, -0.1) is 11.8 Å². The van der Waals surface area contributed by atoms with Crippen molar-refractivity contribution in [2.24, 2.45) is 5.73 Å². The molecule has 0 spiro atoms. The quantitative estimate of drug-likeness (QED) is 0.0195. The van der Waals surface area contributed by atoms with Crippen LogP contribution in [0.3, 0.4) is 0 Å². The molecule has 0 bridgehead atoms. The monoisotopic (exact) mass is 1090 g/mol. The largest absolute Gasteiger partial charge is 0.397 e. The lowest BCUT2D eigenvalue weighted by molar-refractivity contribution is -0.225. The second-order valence-corrected chi connectivity index (χ2v) is 21.2. The molecular formula is C49H63N7O15S3. The molecule has 4 aromatic rings. The third kappa shape index (κ3) is 17.2. The third-order valence-electron chi connectivity index (χ3n) is 12.1. The zero-order valence-electron chi connectivity index (χ0n) is 40.9. The minimum Gasteiger partial charge on any atom is -0.384 e. The first-order valence-corrected chi connectivity index (χ1v) is 27.7. The highest BCUT2D eigenvalue weighted by atomic mass is 32.3. The first kappa shape index (κ1) is 57.7. The molecule has 4 aromatic carbocycles. The Morgan fingerprint density at radius 2 is 1.55 bits per heavy atom. The topological polar surface area (TPSA) is 313 Å². The molecule has 0 saturated carbocycles. The van der Waals surface area contributed by atoms with Gasteiger partial charge in [-0.1, -0.05) is 54.6 Å². The molecule has 402 valence electrons. The lowest BCUT2D eigenvalue weighted by Crippen LogP contribution is -2.57. The van der Waals surface area contributed by atoms with Crippen LogP contribution in [0.5, 0.6) is 0 Å². The van der Waals surface area contributed by atoms with Crippen molar-refractivity contribution in [3.05, 3.63) is 108 Å². The van der Waals surface area contributed by atoms with Crippen molar-refractivity contribution >= 4 is 78.1 Å². The van der Waals surface area contributed by atoms with Gasteiger partial charge in [-0.05, 0) is 72.0 Å². The minimum atomic E-state index is -4.72. The fraction of sp³-hybridized carbons (Fsp3) is 0.449. The van der Waals surface area contributed by atoms with Crippen molar-refractivity contribution in [3.8, 4) is 0 Å². The first-order chi connectivity index (χ1) is 35.4. The fourth-order valence-corrected chi connectivity index (χ4v) is 10.8. The molecule has 0 aromatic heterocycles. The molecule has 2 aliphatic rings. The summed E-state index contributed by atoms with van der Waals surface area (Å²) in [5.74, 6) is -2.45. The molecule has 0 radical (unpaired) electrons. The van der Waals surface area contributed by atoms with Gasteiger partial charge in [0.25, 0.3) is 5.91 Å². The molecule has 2 saturated heterocycles. The van der Waals surface area contributed by atoms with Crippen LogP contribution in [0.15, 0.2) is 95.9 Å². The number of amides is 4. The van der Waals surface area contributed by atoms with Gasteiger partial charge in [0, 0.05) is 62.8 Å². The third-order valence-corrected chi connectivity index (χ3v) is 15.1. The molecule has 22 nitrogen and oxygen atoms in total. The van der Waals surface area contributed by atoms with E-state index >= 15 is 0 Å². The SMILES string of the molecule is COC1COC(COS(=O)(=O)O)[C@@H](OCCOCCNC(=O)c2ccc(NC(=O)CSC[C@H](NS(=O)(=O)c3ccc4ccccc4c3)C(=O)NC(Cc3ccc(C(=N)N)cc3)C(=O)N3CCCCC3)cc2)[C@H]1OC. The summed E-state index contributed by atoms with van der Waals surface area (Å²) < 4.78 is 94.2. The Hall–Kier alpha value is -5.58. The summed E-state index contributed by atoms with van der Waals surface area (Å²) in [6.07, 6.45) is -0.215. The van der Waals surface area contributed by atoms with Crippen LogP contribution in [0.25, 0.3) is 10.8 Å². The number of ether oxygens (including phenoxy) is 5.